The minimum atomic E-state index is 0.270. The van der Waals surface area contributed by atoms with Crippen LogP contribution in [0.2, 0.25) is 0 Å². The van der Waals surface area contributed by atoms with E-state index in [9.17, 15) is 0 Å². The van der Waals surface area contributed by atoms with Gasteiger partial charge in [0.15, 0.2) is 0 Å². The van der Waals surface area contributed by atoms with E-state index >= 15 is 0 Å². The van der Waals surface area contributed by atoms with Crippen LogP contribution < -0.4 is 0 Å². The van der Waals surface area contributed by atoms with Gasteiger partial charge >= 0.3 is 0 Å². The van der Waals surface area contributed by atoms with Crippen LogP contribution in [0.3, 0.4) is 0 Å². The third kappa shape index (κ3) is 1.97. The molecule has 0 saturated carbocycles. The minimum absolute atomic E-state index is 0.270. The molecule has 0 aliphatic heterocycles. The molecule has 0 radical (unpaired) electrons. The van der Waals surface area contributed by atoms with Crippen LogP contribution in [0.4, 0.5) is 0 Å². The Morgan fingerprint density at radius 2 is 2.14 bits per heavy atom. The van der Waals surface area contributed by atoms with Gasteiger partial charge in [-0.25, -0.2) is 5.10 Å². The maximum atomic E-state index is 5.20. The molecule has 1 heterocycles. The molecule has 1 aromatic carbocycles. The quantitative estimate of drug-likeness (QED) is 0.803. The van der Waals surface area contributed by atoms with Crippen LogP contribution in [0.1, 0.15) is 0 Å². The van der Waals surface area contributed by atoms with Gasteiger partial charge in [-0.2, -0.15) is 0 Å². The molecule has 0 bridgehead atoms. The molecule has 0 aliphatic carbocycles. The lowest BCUT2D eigenvalue weighted by molar-refractivity contribution is 0.551. The second-order valence-electron chi connectivity index (χ2n) is 2.54. The number of nitrogens with one attached hydrogen (secondary N) is 1. The summed E-state index contributed by atoms with van der Waals surface area (Å²) in [5, 5.41) is 6.52. The fourth-order valence-electron chi connectivity index (χ4n) is 1.01. The summed E-state index contributed by atoms with van der Waals surface area (Å²) < 4.78 is 7.07. The zero-order chi connectivity index (χ0) is 10.1. The molecular formula is C8H4Br2N2OS. The van der Waals surface area contributed by atoms with E-state index in [1.165, 1.54) is 0 Å². The summed E-state index contributed by atoms with van der Waals surface area (Å²) >= 11 is 11.6. The van der Waals surface area contributed by atoms with Gasteiger partial charge in [-0.3, -0.25) is 0 Å². The summed E-state index contributed by atoms with van der Waals surface area (Å²) in [6.45, 7) is 0. The fraction of sp³-hybridized carbons (Fsp3) is 0. The Labute approximate surface area is 102 Å². The first-order valence-electron chi connectivity index (χ1n) is 3.68. The molecule has 3 nitrogen and oxygen atoms in total. The maximum absolute atomic E-state index is 5.20. The molecular weight excluding hydrogens is 332 g/mol. The molecule has 72 valence electrons. The number of hydrogen-bond acceptors (Lipinski definition) is 3. The molecule has 0 saturated heterocycles. The second-order valence-corrected chi connectivity index (χ2v) is 4.68. The summed E-state index contributed by atoms with van der Waals surface area (Å²) in [5.74, 6) is 0.475. The first-order valence-corrected chi connectivity index (χ1v) is 5.67. The van der Waals surface area contributed by atoms with Crippen LogP contribution in [0.5, 0.6) is 0 Å². The number of hydrogen-bond donors (Lipinski definition) is 1. The van der Waals surface area contributed by atoms with E-state index in [0.717, 1.165) is 14.5 Å². The largest absolute Gasteiger partial charge is 0.409 e. The van der Waals surface area contributed by atoms with Crippen molar-refractivity contribution >= 4 is 44.1 Å². The van der Waals surface area contributed by atoms with E-state index in [0.29, 0.717) is 5.89 Å². The second kappa shape index (κ2) is 3.96. The number of aromatic nitrogens is 2. The highest BCUT2D eigenvalue weighted by atomic mass is 79.9. The van der Waals surface area contributed by atoms with Crippen molar-refractivity contribution in [2.75, 3.05) is 0 Å². The molecule has 1 N–H and O–H groups in total. The Balaban J connectivity index is 2.61. The van der Waals surface area contributed by atoms with Gasteiger partial charge in [0.1, 0.15) is 0 Å². The summed E-state index contributed by atoms with van der Waals surface area (Å²) in [6.07, 6.45) is 0. The normalized spacial score (nSPS) is 10.4. The fourth-order valence-corrected chi connectivity index (χ4v) is 1.91. The van der Waals surface area contributed by atoms with Crippen molar-refractivity contribution in [1.82, 2.24) is 10.2 Å². The lowest BCUT2D eigenvalue weighted by Gasteiger charge is -1.98. The monoisotopic (exact) mass is 334 g/mol. The maximum Gasteiger partial charge on any atom is 0.284 e. The van der Waals surface area contributed by atoms with Crippen LogP contribution in [0.25, 0.3) is 11.5 Å². The van der Waals surface area contributed by atoms with Crippen LogP contribution in [-0.4, -0.2) is 10.2 Å². The standard InChI is InChI=1S/C8H4Br2N2OS/c9-4-1-2-6(10)5(3-4)7-11-12-8(14)13-7/h1-3H,(H,12,14). The third-order valence-corrected chi connectivity index (χ3v) is 2.96. The summed E-state index contributed by atoms with van der Waals surface area (Å²) in [6, 6.07) is 5.74. The molecule has 0 amide bonds. The topological polar surface area (TPSA) is 41.8 Å². The molecule has 2 aromatic rings. The van der Waals surface area contributed by atoms with Crippen molar-refractivity contribution in [3.8, 4) is 11.5 Å². The van der Waals surface area contributed by atoms with Crippen molar-refractivity contribution in [3.05, 3.63) is 32.0 Å². The van der Waals surface area contributed by atoms with Crippen LogP contribution in [-0.2, 0) is 0 Å². The van der Waals surface area contributed by atoms with Crippen molar-refractivity contribution in [2.24, 2.45) is 0 Å². The summed E-state index contributed by atoms with van der Waals surface area (Å²) in [4.78, 5) is 0.270. The van der Waals surface area contributed by atoms with Crippen LogP contribution >= 0.6 is 44.1 Å². The Hall–Kier alpha value is -0.460. The molecule has 0 atom stereocenters. The van der Waals surface area contributed by atoms with Gasteiger partial charge in [0.25, 0.3) is 4.84 Å². The van der Waals surface area contributed by atoms with Crippen molar-refractivity contribution in [2.45, 2.75) is 0 Å². The van der Waals surface area contributed by atoms with E-state index in [1.54, 1.807) is 0 Å². The predicted octanol–water partition coefficient (Wildman–Crippen LogP) is 3.92. The molecule has 0 spiro atoms. The zero-order valence-corrected chi connectivity index (χ0v) is 10.7. The Kier molecular flexibility index (Phi) is 2.85. The SMILES string of the molecule is S=c1[nH]nc(-c2cc(Br)ccc2Br)o1. The number of benzene rings is 1. The van der Waals surface area contributed by atoms with Gasteiger partial charge in [0.05, 0.1) is 5.56 Å². The van der Waals surface area contributed by atoms with E-state index in [1.807, 2.05) is 18.2 Å². The summed E-state index contributed by atoms with van der Waals surface area (Å²) in [7, 11) is 0. The third-order valence-electron chi connectivity index (χ3n) is 1.60. The van der Waals surface area contributed by atoms with Gasteiger partial charge in [-0.15, -0.1) is 5.10 Å². The highest BCUT2D eigenvalue weighted by Gasteiger charge is 2.08. The number of rotatable bonds is 1. The average Bonchev–Trinajstić information content (AvgIpc) is 2.56. The molecule has 0 unspecified atom stereocenters. The Bertz CT molecular complexity index is 520. The number of halogens is 2. The molecule has 0 fully saturated rings. The van der Waals surface area contributed by atoms with E-state index in [2.05, 4.69) is 42.1 Å². The summed E-state index contributed by atoms with van der Waals surface area (Å²) in [5.41, 5.74) is 0.853. The van der Waals surface area contributed by atoms with Crippen molar-refractivity contribution in [1.29, 1.82) is 0 Å². The van der Waals surface area contributed by atoms with E-state index in [-0.39, 0.29) is 4.84 Å². The number of aromatic amines is 1. The van der Waals surface area contributed by atoms with Gasteiger partial charge in [-0.05, 0) is 46.3 Å². The number of nitrogens with zero attached hydrogens (tertiary/aromatic N) is 1. The van der Waals surface area contributed by atoms with E-state index in [4.69, 9.17) is 16.6 Å². The van der Waals surface area contributed by atoms with Gasteiger partial charge < -0.3 is 4.42 Å². The van der Waals surface area contributed by atoms with Crippen LogP contribution in [0, 0.1) is 4.84 Å². The lowest BCUT2D eigenvalue weighted by atomic mass is 10.2. The minimum Gasteiger partial charge on any atom is -0.409 e. The smallest absolute Gasteiger partial charge is 0.284 e. The van der Waals surface area contributed by atoms with Gasteiger partial charge in [0, 0.05) is 8.95 Å². The molecule has 0 aliphatic rings. The first-order chi connectivity index (χ1) is 6.66. The molecule has 14 heavy (non-hydrogen) atoms. The average molecular weight is 336 g/mol. The Morgan fingerprint density at radius 1 is 1.36 bits per heavy atom. The zero-order valence-electron chi connectivity index (χ0n) is 6.75. The Morgan fingerprint density at radius 3 is 2.79 bits per heavy atom. The van der Waals surface area contributed by atoms with Crippen LogP contribution in [0.15, 0.2) is 31.6 Å². The van der Waals surface area contributed by atoms with Crippen molar-refractivity contribution < 1.29 is 4.42 Å². The van der Waals surface area contributed by atoms with Crippen molar-refractivity contribution in [3.63, 3.8) is 0 Å². The lowest BCUT2D eigenvalue weighted by Crippen LogP contribution is -1.80. The highest BCUT2D eigenvalue weighted by molar-refractivity contribution is 9.11. The first kappa shape index (κ1) is 10.1. The highest BCUT2D eigenvalue weighted by Crippen LogP contribution is 2.29. The molecule has 2 rings (SSSR count). The predicted molar refractivity (Wildman–Crippen MR) is 62.5 cm³/mol. The van der Waals surface area contributed by atoms with Gasteiger partial charge in [-0.1, -0.05) is 15.9 Å². The van der Waals surface area contributed by atoms with Gasteiger partial charge in [0.2, 0.25) is 5.89 Å². The molecule has 6 heteroatoms. The number of H-pyrrole nitrogens is 1. The molecule has 1 aromatic heterocycles. The van der Waals surface area contributed by atoms with E-state index < -0.39 is 0 Å².